The molecule has 3 aliphatic rings. The van der Waals surface area contributed by atoms with E-state index >= 15 is 0 Å². The minimum atomic E-state index is -1.43. The van der Waals surface area contributed by atoms with Crippen molar-refractivity contribution in [3.8, 4) is 5.75 Å². The second-order valence-corrected chi connectivity index (χ2v) is 9.06. The van der Waals surface area contributed by atoms with Gasteiger partial charge >= 0.3 is 0 Å². The number of halogens is 1. The standard InChI is InChI=1S/C22H31ClO7/c23-16-8-5-12(22-21(27)20(26)19(25)18(11-24)30-22)9-17(16)29-15-7-6-14(10-15)28-13-3-1-2-4-13/h5,8-9,13-15,18-22,24-27H,1-4,6-7,10-11H2/t14?,15?,18-,19-,20+,21-,22+/m1/s1. The third-order valence-corrected chi connectivity index (χ3v) is 6.81. The molecule has 2 unspecified atom stereocenters. The zero-order chi connectivity index (χ0) is 21.3. The van der Waals surface area contributed by atoms with Crippen molar-refractivity contribution in [2.45, 2.75) is 93.8 Å². The summed E-state index contributed by atoms with van der Waals surface area (Å²) in [7, 11) is 0. The highest BCUT2D eigenvalue weighted by Crippen LogP contribution is 2.38. The first kappa shape index (κ1) is 22.3. The van der Waals surface area contributed by atoms with Crippen molar-refractivity contribution in [2.24, 2.45) is 0 Å². The van der Waals surface area contributed by atoms with Gasteiger partial charge in [-0.05, 0) is 43.4 Å². The van der Waals surface area contributed by atoms with Gasteiger partial charge in [0, 0.05) is 6.42 Å². The summed E-state index contributed by atoms with van der Waals surface area (Å²) in [6.45, 7) is -0.469. The molecule has 1 heterocycles. The summed E-state index contributed by atoms with van der Waals surface area (Å²) in [5.41, 5.74) is 0.558. The summed E-state index contributed by atoms with van der Waals surface area (Å²) in [4.78, 5) is 0. The van der Waals surface area contributed by atoms with Crippen molar-refractivity contribution < 1.29 is 34.6 Å². The van der Waals surface area contributed by atoms with Crippen molar-refractivity contribution in [1.82, 2.24) is 0 Å². The monoisotopic (exact) mass is 442 g/mol. The van der Waals surface area contributed by atoms with Crippen LogP contribution in [0, 0.1) is 0 Å². The summed E-state index contributed by atoms with van der Waals surface area (Å²) in [5.74, 6) is 0.484. The lowest BCUT2D eigenvalue weighted by atomic mass is 9.91. The minimum absolute atomic E-state index is 0.000969. The second kappa shape index (κ2) is 9.69. The van der Waals surface area contributed by atoms with Gasteiger partial charge in [0.25, 0.3) is 0 Å². The third-order valence-electron chi connectivity index (χ3n) is 6.49. The molecule has 0 aromatic heterocycles. The summed E-state index contributed by atoms with van der Waals surface area (Å²) in [6.07, 6.45) is 2.02. The number of aliphatic hydroxyl groups excluding tert-OH is 4. The summed E-state index contributed by atoms with van der Waals surface area (Å²) in [6, 6.07) is 5.04. The van der Waals surface area contributed by atoms with Crippen LogP contribution in [0.2, 0.25) is 5.02 Å². The Kier molecular flexibility index (Phi) is 7.19. The Morgan fingerprint density at radius 3 is 2.40 bits per heavy atom. The van der Waals surface area contributed by atoms with E-state index in [1.165, 1.54) is 12.8 Å². The Hall–Kier alpha value is -0.930. The summed E-state index contributed by atoms with van der Waals surface area (Å²) >= 11 is 6.34. The van der Waals surface area contributed by atoms with Crippen LogP contribution in [-0.2, 0) is 9.47 Å². The molecule has 4 rings (SSSR count). The van der Waals surface area contributed by atoms with Crippen LogP contribution in [0.1, 0.15) is 56.6 Å². The van der Waals surface area contributed by atoms with Gasteiger partial charge in [-0.3, -0.25) is 0 Å². The number of hydrogen-bond acceptors (Lipinski definition) is 7. The highest BCUT2D eigenvalue weighted by molar-refractivity contribution is 6.32. The van der Waals surface area contributed by atoms with Crippen LogP contribution in [0.15, 0.2) is 18.2 Å². The Morgan fingerprint density at radius 2 is 1.67 bits per heavy atom. The first-order valence-electron chi connectivity index (χ1n) is 10.9. The number of rotatable bonds is 6. The molecule has 1 saturated heterocycles. The number of aliphatic hydroxyl groups is 4. The normalized spacial score (nSPS) is 37.6. The number of hydrogen-bond donors (Lipinski definition) is 4. The van der Waals surface area contributed by atoms with Gasteiger partial charge in [-0.1, -0.05) is 30.5 Å². The topological polar surface area (TPSA) is 109 Å². The SMILES string of the molecule is OC[C@H]1O[C@@H](c2ccc(Cl)c(OC3CCC(OC4CCCC4)C3)c2)[C@H](O)[C@@H](O)[C@@H]1O. The largest absolute Gasteiger partial charge is 0.489 e. The van der Waals surface area contributed by atoms with E-state index in [0.29, 0.717) is 22.4 Å². The van der Waals surface area contributed by atoms with Gasteiger partial charge in [-0.15, -0.1) is 0 Å². The predicted molar refractivity (Wildman–Crippen MR) is 110 cm³/mol. The molecule has 2 aliphatic carbocycles. The lowest BCUT2D eigenvalue weighted by Crippen LogP contribution is -2.55. The van der Waals surface area contributed by atoms with Crippen LogP contribution in [-0.4, -0.2) is 69.8 Å². The van der Waals surface area contributed by atoms with Crippen LogP contribution < -0.4 is 4.74 Å². The molecule has 1 aromatic rings. The van der Waals surface area contributed by atoms with Gasteiger partial charge < -0.3 is 34.6 Å². The molecule has 3 fully saturated rings. The van der Waals surface area contributed by atoms with E-state index in [1.54, 1.807) is 18.2 Å². The quantitative estimate of drug-likeness (QED) is 0.534. The van der Waals surface area contributed by atoms with Gasteiger partial charge in [0.05, 0.1) is 23.8 Å². The first-order chi connectivity index (χ1) is 14.5. The Bertz CT molecular complexity index is 709. The predicted octanol–water partition coefficient (Wildman–Crippen LogP) is 2.11. The fraction of sp³-hybridized carbons (Fsp3) is 0.727. The van der Waals surface area contributed by atoms with Gasteiger partial charge in [0.2, 0.25) is 0 Å². The van der Waals surface area contributed by atoms with Crippen molar-refractivity contribution in [3.05, 3.63) is 28.8 Å². The maximum absolute atomic E-state index is 10.4. The third kappa shape index (κ3) is 4.78. The molecule has 168 valence electrons. The molecule has 0 radical (unpaired) electrons. The van der Waals surface area contributed by atoms with Gasteiger partial charge in [0.15, 0.2) is 0 Å². The van der Waals surface area contributed by atoms with E-state index in [4.69, 9.17) is 25.8 Å². The Balaban J connectivity index is 1.42. The van der Waals surface area contributed by atoms with E-state index < -0.39 is 37.1 Å². The van der Waals surface area contributed by atoms with Crippen LogP contribution in [0.3, 0.4) is 0 Å². The molecule has 0 amide bonds. The first-order valence-corrected chi connectivity index (χ1v) is 11.3. The van der Waals surface area contributed by atoms with Crippen molar-refractivity contribution in [3.63, 3.8) is 0 Å². The van der Waals surface area contributed by atoms with E-state index in [9.17, 15) is 20.4 Å². The van der Waals surface area contributed by atoms with Crippen molar-refractivity contribution >= 4 is 11.6 Å². The van der Waals surface area contributed by atoms with E-state index in [2.05, 4.69) is 0 Å². The second-order valence-electron chi connectivity index (χ2n) is 8.66. The number of ether oxygens (including phenoxy) is 3. The van der Waals surface area contributed by atoms with E-state index in [0.717, 1.165) is 32.1 Å². The average Bonchev–Trinajstić information content (AvgIpc) is 3.41. The van der Waals surface area contributed by atoms with Crippen LogP contribution in [0.4, 0.5) is 0 Å². The van der Waals surface area contributed by atoms with Crippen molar-refractivity contribution in [1.29, 1.82) is 0 Å². The minimum Gasteiger partial charge on any atom is -0.489 e. The summed E-state index contributed by atoms with van der Waals surface area (Å²) in [5, 5.41) is 40.3. The summed E-state index contributed by atoms with van der Waals surface area (Å²) < 4.78 is 18.0. The zero-order valence-electron chi connectivity index (χ0n) is 16.9. The maximum Gasteiger partial charge on any atom is 0.138 e. The molecule has 2 saturated carbocycles. The fourth-order valence-electron chi connectivity index (χ4n) is 4.77. The number of benzene rings is 1. The molecule has 0 bridgehead atoms. The van der Waals surface area contributed by atoms with Crippen LogP contribution in [0.5, 0.6) is 5.75 Å². The molecule has 4 N–H and O–H groups in total. The Labute approximate surface area is 181 Å². The lowest BCUT2D eigenvalue weighted by Gasteiger charge is -2.40. The van der Waals surface area contributed by atoms with Gasteiger partial charge in [-0.2, -0.15) is 0 Å². The molecule has 0 spiro atoms. The van der Waals surface area contributed by atoms with Gasteiger partial charge in [0.1, 0.15) is 42.4 Å². The van der Waals surface area contributed by atoms with Crippen molar-refractivity contribution in [2.75, 3.05) is 6.61 Å². The average molecular weight is 443 g/mol. The molecule has 8 heteroatoms. The molecular weight excluding hydrogens is 412 g/mol. The lowest BCUT2D eigenvalue weighted by molar-refractivity contribution is -0.231. The highest BCUT2D eigenvalue weighted by atomic mass is 35.5. The molecule has 7 atom stereocenters. The zero-order valence-corrected chi connectivity index (χ0v) is 17.7. The van der Waals surface area contributed by atoms with E-state index in [1.807, 2.05) is 0 Å². The molecular formula is C22H31ClO7. The van der Waals surface area contributed by atoms with E-state index in [-0.39, 0.29) is 12.2 Å². The van der Waals surface area contributed by atoms with Crippen LogP contribution >= 0.6 is 11.6 Å². The molecule has 1 aliphatic heterocycles. The molecule has 30 heavy (non-hydrogen) atoms. The Morgan fingerprint density at radius 1 is 0.933 bits per heavy atom. The van der Waals surface area contributed by atoms with Crippen LogP contribution in [0.25, 0.3) is 0 Å². The smallest absolute Gasteiger partial charge is 0.138 e. The molecule has 7 nitrogen and oxygen atoms in total. The fourth-order valence-corrected chi connectivity index (χ4v) is 4.93. The van der Waals surface area contributed by atoms with Gasteiger partial charge in [-0.25, -0.2) is 0 Å². The maximum atomic E-state index is 10.4. The highest BCUT2D eigenvalue weighted by Gasteiger charge is 2.44. The molecule has 1 aromatic carbocycles.